The Morgan fingerprint density at radius 2 is 2.08 bits per heavy atom. The highest BCUT2D eigenvalue weighted by molar-refractivity contribution is 9.10. The highest BCUT2D eigenvalue weighted by atomic mass is 79.9. The van der Waals surface area contributed by atoms with Gasteiger partial charge in [0.15, 0.2) is 0 Å². The molecule has 1 heterocycles. The van der Waals surface area contributed by atoms with Crippen molar-refractivity contribution in [3.05, 3.63) is 34.9 Å². The van der Waals surface area contributed by atoms with Gasteiger partial charge in [-0.25, -0.2) is 14.4 Å². The molecule has 0 spiro atoms. The lowest BCUT2D eigenvalue weighted by Gasteiger charge is -1.97. The predicted octanol–water partition coefficient (Wildman–Crippen LogP) is 2.53. The Kier molecular flexibility index (Phi) is 1.77. The molecule has 0 fully saturated rings. The Hall–Kier alpha value is -1.03. The first-order valence-corrected chi connectivity index (χ1v) is 4.13. The molecule has 2 nitrogen and oxygen atoms in total. The first kappa shape index (κ1) is 7.61. The van der Waals surface area contributed by atoms with Gasteiger partial charge >= 0.3 is 0 Å². The SMILES string of the molecule is Fc1cccc2c(Br)ncnc12. The van der Waals surface area contributed by atoms with Crippen molar-refractivity contribution >= 4 is 26.8 Å². The summed E-state index contributed by atoms with van der Waals surface area (Å²) in [6.07, 6.45) is 1.33. The van der Waals surface area contributed by atoms with Gasteiger partial charge in [-0.1, -0.05) is 6.07 Å². The Labute approximate surface area is 76.6 Å². The summed E-state index contributed by atoms with van der Waals surface area (Å²) < 4.78 is 13.7. The molecule has 0 aliphatic heterocycles. The third-order valence-corrected chi connectivity index (χ3v) is 2.20. The van der Waals surface area contributed by atoms with Gasteiger partial charge in [0.1, 0.15) is 22.3 Å². The van der Waals surface area contributed by atoms with Gasteiger partial charge in [0.25, 0.3) is 0 Å². The molecule has 0 bridgehead atoms. The summed E-state index contributed by atoms with van der Waals surface area (Å²) in [4.78, 5) is 7.71. The van der Waals surface area contributed by atoms with E-state index in [1.807, 2.05) is 0 Å². The molecule has 0 aliphatic carbocycles. The largest absolute Gasteiger partial charge is 0.233 e. The van der Waals surface area contributed by atoms with Gasteiger partial charge < -0.3 is 0 Å². The third-order valence-electron chi connectivity index (χ3n) is 1.57. The summed E-state index contributed by atoms with van der Waals surface area (Å²) in [5, 5.41) is 0.692. The van der Waals surface area contributed by atoms with E-state index in [9.17, 15) is 4.39 Å². The lowest BCUT2D eigenvalue weighted by atomic mass is 10.2. The Morgan fingerprint density at radius 3 is 2.83 bits per heavy atom. The van der Waals surface area contributed by atoms with Crippen molar-refractivity contribution in [2.45, 2.75) is 0 Å². The van der Waals surface area contributed by atoms with Crippen molar-refractivity contribution in [1.82, 2.24) is 9.97 Å². The van der Waals surface area contributed by atoms with Crippen LogP contribution in [0.3, 0.4) is 0 Å². The quantitative estimate of drug-likeness (QED) is 0.646. The van der Waals surface area contributed by atoms with Crippen LogP contribution in [0.5, 0.6) is 0 Å². The maximum Gasteiger partial charge on any atom is 0.149 e. The summed E-state index contributed by atoms with van der Waals surface area (Å²) in [6, 6.07) is 4.77. The molecule has 0 N–H and O–H groups in total. The standard InChI is InChI=1S/C8H4BrFN2/c9-8-5-2-1-3-6(10)7(5)11-4-12-8/h1-4H. The number of rotatable bonds is 0. The van der Waals surface area contributed by atoms with Gasteiger partial charge in [-0.3, -0.25) is 0 Å². The number of para-hydroxylation sites is 1. The Morgan fingerprint density at radius 1 is 1.25 bits per heavy atom. The number of nitrogens with zero attached hydrogens (tertiary/aromatic N) is 2. The highest BCUT2D eigenvalue weighted by Crippen LogP contribution is 2.20. The molecule has 1 aromatic carbocycles. The molecule has 0 amide bonds. The van der Waals surface area contributed by atoms with Gasteiger partial charge in [0, 0.05) is 5.39 Å². The van der Waals surface area contributed by atoms with E-state index in [0.29, 0.717) is 15.5 Å². The Bertz CT molecular complexity index is 389. The molecule has 0 atom stereocenters. The van der Waals surface area contributed by atoms with Crippen molar-refractivity contribution in [1.29, 1.82) is 0 Å². The minimum Gasteiger partial charge on any atom is -0.233 e. The van der Waals surface area contributed by atoms with Crippen molar-refractivity contribution in [3.8, 4) is 0 Å². The number of fused-ring (bicyclic) bond motifs is 1. The van der Waals surface area contributed by atoms with Crippen LogP contribution in [0.15, 0.2) is 29.1 Å². The second-order valence-electron chi connectivity index (χ2n) is 2.30. The van der Waals surface area contributed by atoms with Gasteiger partial charge in [-0.2, -0.15) is 0 Å². The van der Waals surface area contributed by atoms with Crippen LogP contribution in [0.4, 0.5) is 4.39 Å². The smallest absolute Gasteiger partial charge is 0.149 e. The van der Waals surface area contributed by atoms with E-state index in [1.165, 1.54) is 12.4 Å². The summed E-state index contributed by atoms with van der Waals surface area (Å²) in [6.45, 7) is 0. The maximum absolute atomic E-state index is 13.1. The minimum atomic E-state index is -0.324. The lowest BCUT2D eigenvalue weighted by molar-refractivity contribution is 0.636. The van der Waals surface area contributed by atoms with Gasteiger partial charge in [0.05, 0.1) is 0 Å². The van der Waals surface area contributed by atoms with E-state index >= 15 is 0 Å². The molecular formula is C8H4BrFN2. The van der Waals surface area contributed by atoms with Crippen LogP contribution in [0.1, 0.15) is 0 Å². The fourth-order valence-corrected chi connectivity index (χ4v) is 1.43. The zero-order chi connectivity index (χ0) is 8.55. The van der Waals surface area contributed by atoms with Crippen molar-refractivity contribution in [2.75, 3.05) is 0 Å². The number of benzene rings is 1. The number of halogens is 2. The first-order chi connectivity index (χ1) is 5.79. The first-order valence-electron chi connectivity index (χ1n) is 3.34. The molecule has 0 saturated heterocycles. The molecule has 2 rings (SSSR count). The second-order valence-corrected chi connectivity index (χ2v) is 3.05. The van der Waals surface area contributed by atoms with Crippen molar-refractivity contribution in [3.63, 3.8) is 0 Å². The minimum absolute atomic E-state index is 0.324. The molecule has 1 aromatic heterocycles. The predicted molar refractivity (Wildman–Crippen MR) is 47.2 cm³/mol. The molecule has 0 unspecified atom stereocenters. The normalized spacial score (nSPS) is 10.5. The molecule has 0 aliphatic rings. The van der Waals surface area contributed by atoms with E-state index in [2.05, 4.69) is 25.9 Å². The molecule has 4 heteroatoms. The zero-order valence-electron chi connectivity index (χ0n) is 5.96. The van der Waals surface area contributed by atoms with Crippen LogP contribution in [0.2, 0.25) is 0 Å². The highest BCUT2D eigenvalue weighted by Gasteiger charge is 2.03. The fourth-order valence-electron chi connectivity index (χ4n) is 1.02. The average molecular weight is 227 g/mol. The molecule has 60 valence electrons. The van der Waals surface area contributed by atoms with Gasteiger partial charge in [-0.15, -0.1) is 0 Å². The molecule has 2 aromatic rings. The van der Waals surface area contributed by atoms with E-state index in [4.69, 9.17) is 0 Å². The van der Waals surface area contributed by atoms with Gasteiger partial charge in [0.2, 0.25) is 0 Å². The number of hydrogen-bond donors (Lipinski definition) is 0. The Balaban J connectivity index is 2.94. The zero-order valence-corrected chi connectivity index (χ0v) is 7.55. The van der Waals surface area contributed by atoms with Crippen LogP contribution in [-0.2, 0) is 0 Å². The second kappa shape index (κ2) is 2.79. The summed E-state index contributed by atoms with van der Waals surface area (Å²) in [5.41, 5.74) is 0.347. The van der Waals surface area contributed by atoms with E-state index in [1.54, 1.807) is 12.1 Å². The molecule has 0 saturated carbocycles. The van der Waals surface area contributed by atoms with Crippen LogP contribution in [0, 0.1) is 5.82 Å². The van der Waals surface area contributed by atoms with E-state index in [0.717, 1.165) is 0 Å². The van der Waals surface area contributed by atoms with Gasteiger partial charge in [-0.05, 0) is 28.1 Å². The molecular weight excluding hydrogens is 223 g/mol. The van der Waals surface area contributed by atoms with Crippen LogP contribution in [-0.4, -0.2) is 9.97 Å². The topological polar surface area (TPSA) is 25.8 Å². The van der Waals surface area contributed by atoms with Crippen molar-refractivity contribution in [2.24, 2.45) is 0 Å². The lowest BCUT2D eigenvalue weighted by Crippen LogP contribution is -1.86. The third kappa shape index (κ3) is 1.08. The fraction of sp³-hybridized carbons (Fsp3) is 0. The average Bonchev–Trinajstić information content (AvgIpc) is 2.07. The molecule has 12 heavy (non-hydrogen) atoms. The summed E-state index contributed by atoms with van der Waals surface area (Å²) in [7, 11) is 0. The van der Waals surface area contributed by atoms with E-state index in [-0.39, 0.29) is 5.82 Å². The summed E-state index contributed by atoms with van der Waals surface area (Å²) >= 11 is 3.21. The molecule has 0 radical (unpaired) electrons. The maximum atomic E-state index is 13.1. The van der Waals surface area contributed by atoms with E-state index < -0.39 is 0 Å². The van der Waals surface area contributed by atoms with Crippen LogP contribution < -0.4 is 0 Å². The summed E-state index contributed by atoms with van der Waals surface area (Å²) in [5.74, 6) is -0.324. The van der Waals surface area contributed by atoms with Crippen LogP contribution >= 0.6 is 15.9 Å². The number of aromatic nitrogens is 2. The van der Waals surface area contributed by atoms with Crippen molar-refractivity contribution < 1.29 is 4.39 Å². The number of hydrogen-bond acceptors (Lipinski definition) is 2. The van der Waals surface area contributed by atoms with Crippen LogP contribution in [0.25, 0.3) is 10.9 Å². The monoisotopic (exact) mass is 226 g/mol.